The summed E-state index contributed by atoms with van der Waals surface area (Å²) < 4.78 is 0. The van der Waals surface area contributed by atoms with E-state index in [1.54, 1.807) is 0 Å². The van der Waals surface area contributed by atoms with Gasteiger partial charge in [-0.3, -0.25) is 0 Å². The first-order valence-corrected chi connectivity index (χ1v) is 7.53. The maximum absolute atomic E-state index is 8.89. The van der Waals surface area contributed by atoms with Gasteiger partial charge in [-0.25, -0.2) is 0 Å². The molecule has 0 saturated carbocycles. The molecule has 2 heteroatoms. The summed E-state index contributed by atoms with van der Waals surface area (Å²) >= 11 is 0. The zero-order valence-electron chi connectivity index (χ0n) is 12.7. The Labute approximate surface area is 131 Å². The molecular formula is C20H18N2. The summed E-state index contributed by atoms with van der Waals surface area (Å²) in [6, 6.07) is 24.9. The van der Waals surface area contributed by atoms with Crippen molar-refractivity contribution in [2.75, 3.05) is 11.4 Å². The van der Waals surface area contributed by atoms with Crippen molar-refractivity contribution in [1.82, 2.24) is 0 Å². The summed E-state index contributed by atoms with van der Waals surface area (Å²) in [4.78, 5) is 2.36. The molecule has 0 bridgehead atoms. The van der Waals surface area contributed by atoms with E-state index in [2.05, 4.69) is 60.4 Å². The number of rotatable bonds is 4. The van der Waals surface area contributed by atoms with Crippen LogP contribution in [0.4, 0.5) is 5.69 Å². The van der Waals surface area contributed by atoms with Gasteiger partial charge in [0.15, 0.2) is 0 Å². The molecule has 0 aliphatic rings. The van der Waals surface area contributed by atoms with Crippen molar-refractivity contribution in [2.45, 2.75) is 13.5 Å². The Hall–Kier alpha value is -2.79. The Morgan fingerprint density at radius 3 is 2.36 bits per heavy atom. The Morgan fingerprint density at radius 2 is 1.64 bits per heavy atom. The van der Waals surface area contributed by atoms with Crippen LogP contribution in [0.2, 0.25) is 0 Å². The molecule has 2 nitrogen and oxygen atoms in total. The Morgan fingerprint density at radius 1 is 0.909 bits per heavy atom. The standard InChI is InChI=1S/C20H18N2/c1-2-22(15-17-12-10-16(14-21)11-13-17)20-9-5-7-18-6-3-4-8-19(18)20/h3-13H,2,15H2,1H3. The third-order valence-corrected chi connectivity index (χ3v) is 3.95. The van der Waals surface area contributed by atoms with Gasteiger partial charge in [-0.15, -0.1) is 0 Å². The van der Waals surface area contributed by atoms with Gasteiger partial charge in [-0.2, -0.15) is 5.26 Å². The lowest BCUT2D eigenvalue weighted by Gasteiger charge is -2.25. The summed E-state index contributed by atoms with van der Waals surface area (Å²) in [5.74, 6) is 0. The van der Waals surface area contributed by atoms with Gasteiger partial charge in [0, 0.05) is 24.2 Å². The van der Waals surface area contributed by atoms with E-state index in [4.69, 9.17) is 5.26 Å². The molecule has 3 aromatic carbocycles. The van der Waals surface area contributed by atoms with Gasteiger partial charge < -0.3 is 4.90 Å². The van der Waals surface area contributed by atoms with Gasteiger partial charge in [0.05, 0.1) is 11.6 Å². The highest BCUT2D eigenvalue weighted by Gasteiger charge is 2.09. The molecule has 0 fully saturated rings. The highest BCUT2D eigenvalue weighted by molar-refractivity contribution is 5.94. The van der Waals surface area contributed by atoms with Crippen molar-refractivity contribution in [3.05, 3.63) is 77.9 Å². The molecule has 0 unspecified atom stereocenters. The van der Waals surface area contributed by atoms with Crippen LogP contribution < -0.4 is 4.90 Å². The van der Waals surface area contributed by atoms with Gasteiger partial charge in [0.25, 0.3) is 0 Å². The number of nitriles is 1. The van der Waals surface area contributed by atoms with E-state index >= 15 is 0 Å². The third-order valence-electron chi connectivity index (χ3n) is 3.95. The molecule has 3 aromatic rings. The van der Waals surface area contributed by atoms with Crippen molar-refractivity contribution in [3.63, 3.8) is 0 Å². The van der Waals surface area contributed by atoms with Crippen molar-refractivity contribution < 1.29 is 0 Å². The zero-order chi connectivity index (χ0) is 15.4. The van der Waals surface area contributed by atoms with Gasteiger partial charge in [-0.1, -0.05) is 48.5 Å². The molecule has 108 valence electrons. The molecule has 0 N–H and O–H groups in total. The van der Waals surface area contributed by atoms with Gasteiger partial charge in [0.2, 0.25) is 0 Å². The minimum atomic E-state index is 0.706. The van der Waals surface area contributed by atoms with Crippen LogP contribution in [-0.2, 0) is 6.54 Å². The number of benzene rings is 3. The van der Waals surface area contributed by atoms with Crippen LogP contribution in [0.1, 0.15) is 18.1 Å². The molecule has 0 radical (unpaired) electrons. The summed E-state index contributed by atoms with van der Waals surface area (Å²) in [5.41, 5.74) is 3.18. The lowest BCUT2D eigenvalue weighted by molar-refractivity contribution is 0.836. The van der Waals surface area contributed by atoms with Crippen LogP contribution in [0.5, 0.6) is 0 Å². The van der Waals surface area contributed by atoms with Crippen LogP contribution in [0.15, 0.2) is 66.7 Å². The predicted octanol–water partition coefficient (Wildman–Crippen LogP) is 4.74. The summed E-state index contributed by atoms with van der Waals surface area (Å²) in [6.45, 7) is 3.95. The van der Waals surface area contributed by atoms with Crippen LogP contribution in [-0.4, -0.2) is 6.54 Å². The van der Waals surface area contributed by atoms with Gasteiger partial charge >= 0.3 is 0 Å². The first kappa shape index (κ1) is 14.2. The van der Waals surface area contributed by atoms with E-state index in [0.29, 0.717) is 5.56 Å². The zero-order valence-corrected chi connectivity index (χ0v) is 12.7. The van der Waals surface area contributed by atoms with E-state index in [9.17, 15) is 0 Å². The van der Waals surface area contributed by atoms with Crippen molar-refractivity contribution >= 4 is 16.5 Å². The number of anilines is 1. The number of hydrogen-bond acceptors (Lipinski definition) is 2. The van der Waals surface area contributed by atoms with Gasteiger partial charge in [0.1, 0.15) is 0 Å². The van der Waals surface area contributed by atoms with Crippen LogP contribution in [0, 0.1) is 11.3 Å². The molecule has 0 aliphatic carbocycles. The Balaban J connectivity index is 1.94. The smallest absolute Gasteiger partial charge is 0.0991 e. The monoisotopic (exact) mass is 286 g/mol. The molecule has 0 aliphatic heterocycles. The van der Waals surface area contributed by atoms with Gasteiger partial charge in [-0.05, 0) is 36.1 Å². The first-order chi connectivity index (χ1) is 10.8. The largest absolute Gasteiger partial charge is 0.367 e. The summed E-state index contributed by atoms with van der Waals surface area (Å²) in [7, 11) is 0. The molecule has 22 heavy (non-hydrogen) atoms. The number of fused-ring (bicyclic) bond motifs is 1. The second-order valence-electron chi connectivity index (χ2n) is 5.32. The van der Waals surface area contributed by atoms with E-state index in [-0.39, 0.29) is 0 Å². The first-order valence-electron chi connectivity index (χ1n) is 7.53. The summed E-state index contributed by atoms with van der Waals surface area (Å²) in [5, 5.41) is 11.4. The maximum Gasteiger partial charge on any atom is 0.0991 e. The molecule has 0 saturated heterocycles. The molecule has 0 atom stereocenters. The second kappa shape index (κ2) is 6.32. The number of nitrogens with zero attached hydrogens (tertiary/aromatic N) is 2. The van der Waals surface area contributed by atoms with Crippen LogP contribution in [0.3, 0.4) is 0 Å². The maximum atomic E-state index is 8.89. The van der Waals surface area contributed by atoms with Crippen molar-refractivity contribution in [3.8, 4) is 6.07 Å². The topological polar surface area (TPSA) is 27.0 Å². The lowest BCUT2D eigenvalue weighted by atomic mass is 10.1. The summed E-state index contributed by atoms with van der Waals surface area (Å²) in [6.07, 6.45) is 0. The van der Waals surface area contributed by atoms with Crippen LogP contribution >= 0.6 is 0 Å². The molecule has 0 amide bonds. The molecule has 0 spiro atoms. The van der Waals surface area contributed by atoms with E-state index < -0.39 is 0 Å². The number of hydrogen-bond donors (Lipinski definition) is 0. The average molecular weight is 286 g/mol. The highest BCUT2D eigenvalue weighted by Crippen LogP contribution is 2.27. The quantitative estimate of drug-likeness (QED) is 0.692. The fourth-order valence-corrected chi connectivity index (χ4v) is 2.76. The molecule has 3 rings (SSSR count). The Kier molecular flexibility index (Phi) is 4.07. The molecular weight excluding hydrogens is 268 g/mol. The average Bonchev–Trinajstić information content (AvgIpc) is 2.60. The third kappa shape index (κ3) is 2.80. The van der Waals surface area contributed by atoms with Crippen LogP contribution in [0.25, 0.3) is 10.8 Å². The molecule has 0 heterocycles. The highest BCUT2D eigenvalue weighted by atomic mass is 15.1. The van der Waals surface area contributed by atoms with Crippen molar-refractivity contribution in [1.29, 1.82) is 5.26 Å². The fraction of sp³-hybridized carbons (Fsp3) is 0.150. The second-order valence-corrected chi connectivity index (χ2v) is 5.32. The SMILES string of the molecule is CCN(Cc1ccc(C#N)cc1)c1cccc2ccccc12. The fourth-order valence-electron chi connectivity index (χ4n) is 2.76. The van der Waals surface area contributed by atoms with E-state index in [0.717, 1.165) is 13.1 Å². The Bertz CT molecular complexity index is 808. The van der Waals surface area contributed by atoms with E-state index in [1.807, 2.05) is 24.3 Å². The van der Waals surface area contributed by atoms with E-state index in [1.165, 1.54) is 22.0 Å². The minimum absolute atomic E-state index is 0.706. The normalized spacial score (nSPS) is 10.4. The molecule has 0 aromatic heterocycles. The predicted molar refractivity (Wildman–Crippen MR) is 91.8 cm³/mol. The van der Waals surface area contributed by atoms with Crippen molar-refractivity contribution in [2.24, 2.45) is 0 Å². The minimum Gasteiger partial charge on any atom is -0.367 e. The lowest BCUT2D eigenvalue weighted by Crippen LogP contribution is -2.22.